The molecule has 1 heterocycles. The molecular formula is C18H21N3O4. The molecule has 7 heteroatoms. The first kappa shape index (κ1) is 18.4. The molecule has 2 rings (SSSR count). The Kier molecular flexibility index (Phi) is 5.06. The van der Waals surface area contributed by atoms with Crippen molar-refractivity contribution in [2.24, 2.45) is 0 Å². The number of hydrogen-bond donors (Lipinski definition) is 1. The third-order valence-corrected chi connectivity index (χ3v) is 3.27. The van der Waals surface area contributed by atoms with E-state index in [0.29, 0.717) is 16.9 Å². The smallest absolute Gasteiger partial charge is 0.421 e. The van der Waals surface area contributed by atoms with E-state index in [9.17, 15) is 14.7 Å². The van der Waals surface area contributed by atoms with Crippen LogP contribution in [0.2, 0.25) is 0 Å². The summed E-state index contributed by atoms with van der Waals surface area (Å²) in [5.41, 5.74) is 0.954. The molecule has 0 fully saturated rings. The zero-order valence-electron chi connectivity index (χ0n) is 14.9. The number of carboxylic acid groups (broad SMARTS) is 1. The van der Waals surface area contributed by atoms with Gasteiger partial charge in [0.15, 0.2) is 0 Å². The highest BCUT2D eigenvalue weighted by molar-refractivity contribution is 5.97. The second-order valence-electron chi connectivity index (χ2n) is 6.62. The minimum Gasteiger partial charge on any atom is -0.478 e. The lowest BCUT2D eigenvalue weighted by molar-refractivity contribution is 0.0595. The van der Waals surface area contributed by atoms with Crippen molar-refractivity contribution in [3.8, 4) is 0 Å². The fraction of sp³-hybridized carbons (Fsp3) is 0.333. The van der Waals surface area contributed by atoms with E-state index in [1.54, 1.807) is 52.8 Å². The highest BCUT2D eigenvalue weighted by atomic mass is 16.6. The van der Waals surface area contributed by atoms with E-state index < -0.39 is 17.7 Å². The molecule has 1 aromatic carbocycles. The van der Waals surface area contributed by atoms with E-state index in [-0.39, 0.29) is 11.5 Å². The molecule has 0 unspecified atom stereocenters. The zero-order chi connectivity index (χ0) is 18.8. The van der Waals surface area contributed by atoms with Gasteiger partial charge in [-0.2, -0.15) is 0 Å². The molecule has 25 heavy (non-hydrogen) atoms. The summed E-state index contributed by atoms with van der Waals surface area (Å²) in [4.78, 5) is 33.7. The van der Waals surface area contributed by atoms with E-state index in [4.69, 9.17) is 4.74 Å². The molecule has 0 aliphatic rings. The van der Waals surface area contributed by atoms with Gasteiger partial charge in [-0.05, 0) is 58.4 Å². The summed E-state index contributed by atoms with van der Waals surface area (Å²) < 4.78 is 5.44. The molecule has 0 saturated carbocycles. The second-order valence-corrected chi connectivity index (χ2v) is 6.62. The number of rotatable bonds is 3. The fourth-order valence-corrected chi connectivity index (χ4v) is 2.13. The Morgan fingerprint density at radius 3 is 2.40 bits per heavy atom. The molecule has 7 nitrogen and oxygen atoms in total. The standard InChI is InChI=1S/C18H21N3O4/c1-11-6-7-13(10-14(11)15(22)23)21(17(24)25-18(3,4)5)16-19-9-8-12(2)20-16/h6-10H,1-5H3,(H,22,23). The Morgan fingerprint density at radius 2 is 1.84 bits per heavy atom. The maximum atomic E-state index is 12.7. The van der Waals surface area contributed by atoms with Crippen LogP contribution in [0.4, 0.5) is 16.4 Å². The van der Waals surface area contributed by atoms with Crippen LogP contribution >= 0.6 is 0 Å². The molecule has 0 spiro atoms. The number of carboxylic acids is 1. The van der Waals surface area contributed by atoms with Crippen molar-refractivity contribution in [2.75, 3.05) is 4.90 Å². The molecule has 0 aliphatic carbocycles. The third kappa shape index (κ3) is 4.53. The molecule has 0 atom stereocenters. The maximum absolute atomic E-state index is 12.7. The molecule has 2 aromatic rings. The van der Waals surface area contributed by atoms with Gasteiger partial charge in [-0.1, -0.05) is 6.07 Å². The van der Waals surface area contributed by atoms with Gasteiger partial charge < -0.3 is 9.84 Å². The van der Waals surface area contributed by atoms with Crippen molar-refractivity contribution in [1.29, 1.82) is 0 Å². The predicted octanol–water partition coefficient (Wildman–Crippen LogP) is 3.86. The second kappa shape index (κ2) is 6.88. The van der Waals surface area contributed by atoms with Gasteiger partial charge in [0.25, 0.3) is 0 Å². The summed E-state index contributed by atoms with van der Waals surface area (Å²) in [5.74, 6) is -0.955. The number of carbonyl (C=O) groups is 2. The van der Waals surface area contributed by atoms with Crippen LogP contribution in [0.25, 0.3) is 0 Å². The Bertz CT molecular complexity index is 812. The number of aromatic carboxylic acids is 1. The van der Waals surface area contributed by atoms with Gasteiger partial charge >= 0.3 is 12.1 Å². The minimum atomic E-state index is -1.08. The Morgan fingerprint density at radius 1 is 1.16 bits per heavy atom. The van der Waals surface area contributed by atoms with Crippen LogP contribution in [0.1, 0.15) is 42.4 Å². The number of aromatic nitrogens is 2. The Hall–Kier alpha value is -2.96. The summed E-state index contributed by atoms with van der Waals surface area (Å²) in [6.07, 6.45) is 0.847. The highest BCUT2D eigenvalue weighted by Crippen LogP contribution is 2.27. The van der Waals surface area contributed by atoms with Crippen molar-refractivity contribution in [3.05, 3.63) is 47.3 Å². The number of benzene rings is 1. The summed E-state index contributed by atoms with van der Waals surface area (Å²) in [6, 6.07) is 6.38. The van der Waals surface area contributed by atoms with Crippen LogP contribution in [-0.4, -0.2) is 32.7 Å². The lowest BCUT2D eigenvalue weighted by Gasteiger charge is -2.26. The van der Waals surface area contributed by atoms with Gasteiger partial charge in [0.1, 0.15) is 5.60 Å². The molecule has 1 N–H and O–H groups in total. The number of amides is 1. The van der Waals surface area contributed by atoms with Crippen LogP contribution in [0.15, 0.2) is 30.5 Å². The Labute approximate surface area is 146 Å². The van der Waals surface area contributed by atoms with Crippen LogP contribution in [0, 0.1) is 13.8 Å². The molecule has 0 saturated heterocycles. The fourth-order valence-electron chi connectivity index (χ4n) is 2.13. The lowest BCUT2D eigenvalue weighted by atomic mass is 10.1. The molecular weight excluding hydrogens is 322 g/mol. The number of anilines is 2. The minimum absolute atomic E-state index is 0.0960. The third-order valence-electron chi connectivity index (χ3n) is 3.27. The summed E-state index contributed by atoms with van der Waals surface area (Å²) in [5, 5.41) is 9.35. The number of aryl methyl sites for hydroxylation is 2. The first-order chi connectivity index (χ1) is 11.6. The van der Waals surface area contributed by atoms with E-state index in [2.05, 4.69) is 9.97 Å². The van der Waals surface area contributed by atoms with Gasteiger partial charge in [0.05, 0.1) is 11.3 Å². The van der Waals surface area contributed by atoms with Crippen LogP contribution in [0.5, 0.6) is 0 Å². The average molecular weight is 343 g/mol. The molecule has 0 radical (unpaired) electrons. The topological polar surface area (TPSA) is 92.6 Å². The summed E-state index contributed by atoms with van der Waals surface area (Å²) in [6.45, 7) is 8.71. The number of carbonyl (C=O) groups excluding carboxylic acids is 1. The van der Waals surface area contributed by atoms with Gasteiger partial charge in [-0.3, -0.25) is 0 Å². The van der Waals surface area contributed by atoms with Crippen molar-refractivity contribution in [2.45, 2.75) is 40.2 Å². The highest BCUT2D eigenvalue weighted by Gasteiger charge is 2.27. The van der Waals surface area contributed by atoms with Crippen LogP contribution in [-0.2, 0) is 4.74 Å². The molecule has 0 bridgehead atoms. The van der Waals surface area contributed by atoms with E-state index in [0.717, 1.165) is 0 Å². The number of hydrogen-bond acceptors (Lipinski definition) is 5. The summed E-state index contributed by atoms with van der Waals surface area (Å²) in [7, 11) is 0. The lowest BCUT2D eigenvalue weighted by Crippen LogP contribution is -2.35. The Balaban J connectivity index is 2.57. The van der Waals surface area contributed by atoms with Crippen molar-refractivity contribution < 1.29 is 19.4 Å². The first-order valence-corrected chi connectivity index (χ1v) is 7.75. The van der Waals surface area contributed by atoms with Crippen LogP contribution < -0.4 is 4.90 Å². The van der Waals surface area contributed by atoms with Gasteiger partial charge in [0.2, 0.25) is 5.95 Å². The maximum Gasteiger partial charge on any atom is 0.421 e. The first-order valence-electron chi connectivity index (χ1n) is 7.75. The van der Waals surface area contributed by atoms with Crippen molar-refractivity contribution >= 4 is 23.7 Å². The average Bonchev–Trinajstić information content (AvgIpc) is 2.47. The molecule has 132 valence electrons. The van der Waals surface area contributed by atoms with Crippen molar-refractivity contribution in [1.82, 2.24) is 9.97 Å². The predicted molar refractivity (Wildman–Crippen MR) is 93.3 cm³/mol. The largest absolute Gasteiger partial charge is 0.478 e. The monoisotopic (exact) mass is 343 g/mol. The zero-order valence-corrected chi connectivity index (χ0v) is 14.9. The van der Waals surface area contributed by atoms with Crippen molar-refractivity contribution in [3.63, 3.8) is 0 Å². The number of nitrogens with zero attached hydrogens (tertiary/aromatic N) is 3. The van der Waals surface area contributed by atoms with E-state index in [1.165, 1.54) is 17.2 Å². The normalized spacial score (nSPS) is 11.1. The quantitative estimate of drug-likeness (QED) is 0.909. The SMILES string of the molecule is Cc1ccnc(N(C(=O)OC(C)(C)C)c2ccc(C)c(C(=O)O)c2)n1. The molecule has 0 aliphatic heterocycles. The van der Waals surface area contributed by atoms with Gasteiger partial charge in [-0.15, -0.1) is 0 Å². The van der Waals surface area contributed by atoms with Gasteiger partial charge in [0, 0.05) is 11.9 Å². The van der Waals surface area contributed by atoms with Gasteiger partial charge in [-0.25, -0.2) is 24.5 Å². The van der Waals surface area contributed by atoms with E-state index >= 15 is 0 Å². The summed E-state index contributed by atoms with van der Waals surface area (Å²) >= 11 is 0. The molecule has 1 amide bonds. The molecule has 1 aromatic heterocycles. The van der Waals surface area contributed by atoms with E-state index in [1.807, 2.05) is 0 Å². The van der Waals surface area contributed by atoms with Crippen LogP contribution in [0.3, 0.4) is 0 Å². The number of ether oxygens (including phenoxy) is 1.